The minimum absolute atomic E-state index is 0.167. The first-order valence-corrected chi connectivity index (χ1v) is 13.9. The molecule has 1 fully saturated rings. The molecule has 6 rings (SSSR count). The zero-order chi connectivity index (χ0) is 26.3. The standard InChI is InChI=1S/C30H38N8/c1-5-36-19-26-29(37(20-36)17-21-10-11-21)31-27(16-30(2,3)4)38(26)18-22-12-14-23(15-13-22)24-8-6-7-9-25(24)28-32-34-35-33-28/h6-9,12-15,21H,5,10-11,16-20H2,1-4H3,(H,32,33,34,35). The van der Waals surface area contributed by atoms with Gasteiger partial charge in [-0.1, -0.05) is 76.2 Å². The van der Waals surface area contributed by atoms with E-state index in [2.05, 4.69) is 105 Å². The number of fused-ring (bicyclic) bond motifs is 1. The lowest BCUT2D eigenvalue weighted by atomic mass is 9.92. The number of tetrazole rings is 1. The number of hydrogen-bond donors (Lipinski definition) is 1. The molecule has 38 heavy (non-hydrogen) atoms. The first-order chi connectivity index (χ1) is 18.4. The topological polar surface area (TPSA) is 78.8 Å². The quantitative estimate of drug-likeness (QED) is 0.343. The Morgan fingerprint density at radius 1 is 1.00 bits per heavy atom. The molecule has 1 N–H and O–H groups in total. The third-order valence-electron chi connectivity index (χ3n) is 7.62. The number of anilines is 1. The molecule has 0 saturated heterocycles. The fourth-order valence-electron chi connectivity index (χ4n) is 5.45. The van der Waals surface area contributed by atoms with E-state index >= 15 is 0 Å². The molecular formula is C30H38N8. The third kappa shape index (κ3) is 5.23. The molecule has 8 heteroatoms. The van der Waals surface area contributed by atoms with E-state index in [4.69, 9.17) is 4.98 Å². The van der Waals surface area contributed by atoms with Crippen molar-refractivity contribution in [3.05, 3.63) is 65.6 Å². The Labute approximate surface area is 225 Å². The monoisotopic (exact) mass is 510 g/mol. The molecule has 4 aromatic rings. The van der Waals surface area contributed by atoms with Crippen molar-refractivity contribution in [2.45, 2.75) is 60.0 Å². The van der Waals surface area contributed by atoms with Crippen molar-refractivity contribution in [1.29, 1.82) is 0 Å². The zero-order valence-electron chi connectivity index (χ0n) is 23.0. The third-order valence-corrected chi connectivity index (χ3v) is 7.62. The maximum absolute atomic E-state index is 5.31. The first kappa shape index (κ1) is 24.8. The molecule has 2 aliphatic rings. The molecule has 0 spiro atoms. The Morgan fingerprint density at radius 2 is 1.76 bits per heavy atom. The smallest absolute Gasteiger partial charge is 0.180 e. The van der Waals surface area contributed by atoms with E-state index in [-0.39, 0.29) is 5.41 Å². The molecule has 2 aromatic heterocycles. The van der Waals surface area contributed by atoms with Gasteiger partial charge in [-0.25, -0.2) is 10.1 Å². The van der Waals surface area contributed by atoms with E-state index in [1.165, 1.54) is 35.7 Å². The van der Waals surface area contributed by atoms with Crippen LogP contribution in [0.4, 0.5) is 5.82 Å². The van der Waals surface area contributed by atoms with Crippen LogP contribution in [-0.2, 0) is 19.5 Å². The molecule has 0 bridgehead atoms. The number of H-pyrrole nitrogens is 1. The minimum atomic E-state index is 0.167. The Balaban J connectivity index is 1.33. The van der Waals surface area contributed by atoms with Crippen LogP contribution in [0.15, 0.2) is 48.5 Å². The van der Waals surface area contributed by atoms with Crippen LogP contribution in [0.1, 0.15) is 57.6 Å². The highest BCUT2D eigenvalue weighted by Gasteiger charge is 2.33. The molecule has 1 saturated carbocycles. The lowest BCUT2D eigenvalue weighted by Crippen LogP contribution is -2.43. The average molecular weight is 511 g/mol. The normalized spacial score (nSPS) is 16.2. The second kappa shape index (κ2) is 9.98. The molecular weight excluding hydrogens is 472 g/mol. The van der Waals surface area contributed by atoms with Crippen molar-refractivity contribution in [2.75, 3.05) is 24.7 Å². The van der Waals surface area contributed by atoms with E-state index in [9.17, 15) is 0 Å². The van der Waals surface area contributed by atoms with Crippen molar-refractivity contribution in [3.63, 3.8) is 0 Å². The van der Waals surface area contributed by atoms with Crippen molar-refractivity contribution >= 4 is 5.82 Å². The summed E-state index contributed by atoms with van der Waals surface area (Å²) in [6.45, 7) is 14.1. The second-order valence-electron chi connectivity index (χ2n) is 12.1. The number of nitrogens with zero attached hydrogens (tertiary/aromatic N) is 7. The fraction of sp³-hybridized carbons (Fsp3) is 0.467. The zero-order valence-corrected chi connectivity index (χ0v) is 23.0. The SMILES string of the molecule is CCN1Cc2c(nc(CC(C)(C)C)n2Cc2ccc(-c3ccccc3-c3nnn[nH]3)cc2)N(CC2CC2)C1. The largest absolute Gasteiger partial charge is 0.342 e. The number of nitrogens with one attached hydrogen (secondary N) is 1. The van der Waals surface area contributed by atoms with Crippen LogP contribution < -0.4 is 4.90 Å². The summed E-state index contributed by atoms with van der Waals surface area (Å²) in [6.07, 6.45) is 3.67. The molecule has 0 amide bonds. The van der Waals surface area contributed by atoms with Crippen LogP contribution in [0.5, 0.6) is 0 Å². The summed E-state index contributed by atoms with van der Waals surface area (Å²) in [5, 5.41) is 14.5. The van der Waals surface area contributed by atoms with Gasteiger partial charge in [-0.2, -0.15) is 0 Å². The van der Waals surface area contributed by atoms with Gasteiger partial charge < -0.3 is 9.47 Å². The summed E-state index contributed by atoms with van der Waals surface area (Å²) in [4.78, 5) is 10.4. The number of imidazole rings is 1. The van der Waals surface area contributed by atoms with Crippen LogP contribution in [0.2, 0.25) is 0 Å². The number of hydrogen-bond acceptors (Lipinski definition) is 6. The molecule has 1 aliphatic heterocycles. The van der Waals surface area contributed by atoms with Gasteiger partial charge >= 0.3 is 0 Å². The number of aromatic amines is 1. The Morgan fingerprint density at radius 3 is 2.42 bits per heavy atom. The summed E-state index contributed by atoms with van der Waals surface area (Å²) in [6, 6.07) is 17.2. The number of aromatic nitrogens is 6. The van der Waals surface area contributed by atoms with E-state index in [1.54, 1.807) is 0 Å². The minimum Gasteiger partial charge on any atom is -0.342 e. The van der Waals surface area contributed by atoms with Crippen molar-refractivity contribution in [1.82, 2.24) is 35.1 Å². The fourth-order valence-corrected chi connectivity index (χ4v) is 5.45. The Hall–Kier alpha value is -3.52. The van der Waals surface area contributed by atoms with E-state index in [1.807, 2.05) is 6.07 Å². The predicted molar refractivity (Wildman–Crippen MR) is 151 cm³/mol. The molecule has 1 aliphatic carbocycles. The molecule has 8 nitrogen and oxygen atoms in total. The summed E-state index contributed by atoms with van der Waals surface area (Å²) in [7, 11) is 0. The molecule has 3 heterocycles. The highest BCUT2D eigenvalue weighted by Crippen LogP contribution is 2.36. The Kier molecular flexibility index (Phi) is 6.51. The maximum atomic E-state index is 5.31. The molecule has 198 valence electrons. The summed E-state index contributed by atoms with van der Waals surface area (Å²) in [5.41, 5.74) is 6.07. The van der Waals surface area contributed by atoms with Crippen LogP contribution >= 0.6 is 0 Å². The molecule has 0 radical (unpaired) electrons. The second-order valence-corrected chi connectivity index (χ2v) is 12.1. The lowest BCUT2D eigenvalue weighted by Gasteiger charge is -2.36. The van der Waals surface area contributed by atoms with Crippen LogP contribution in [0.3, 0.4) is 0 Å². The Bertz CT molecular complexity index is 1380. The van der Waals surface area contributed by atoms with Gasteiger partial charge in [0.25, 0.3) is 0 Å². The van der Waals surface area contributed by atoms with E-state index in [0.717, 1.165) is 61.9 Å². The van der Waals surface area contributed by atoms with Gasteiger partial charge in [-0.05, 0) is 57.8 Å². The lowest BCUT2D eigenvalue weighted by molar-refractivity contribution is 0.255. The van der Waals surface area contributed by atoms with Crippen LogP contribution in [-0.4, -0.2) is 54.8 Å². The highest BCUT2D eigenvalue weighted by molar-refractivity contribution is 5.80. The van der Waals surface area contributed by atoms with E-state index in [0.29, 0.717) is 5.82 Å². The van der Waals surface area contributed by atoms with Gasteiger partial charge in [0.2, 0.25) is 0 Å². The first-order valence-electron chi connectivity index (χ1n) is 13.9. The average Bonchev–Trinajstić information content (AvgIpc) is 3.42. The summed E-state index contributed by atoms with van der Waals surface area (Å²) >= 11 is 0. The predicted octanol–water partition coefficient (Wildman–Crippen LogP) is 5.38. The molecule has 2 aromatic carbocycles. The van der Waals surface area contributed by atoms with Crippen molar-refractivity contribution < 1.29 is 0 Å². The number of rotatable bonds is 8. The van der Waals surface area contributed by atoms with Gasteiger partial charge in [-0.3, -0.25) is 4.90 Å². The van der Waals surface area contributed by atoms with Crippen LogP contribution in [0, 0.1) is 11.3 Å². The van der Waals surface area contributed by atoms with Crippen molar-refractivity contribution in [3.8, 4) is 22.5 Å². The van der Waals surface area contributed by atoms with Gasteiger partial charge in [0, 0.05) is 31.6 Å². The van der Waals surface area contributed by atoms with Gasteiger partial charge in [-0.15, -0.1) is 5.10 Å². The van der Waals surface area contributed by atoms with Gasteiger partial charge in [0.15, 0.2) is 11.6 Å². The summed E-state index contributed by atoms with van der Waals surface area (Å²) in [5.74, 6) is 3.93. The number of benzene rings is 2. The summed E-state index contributed by atoms with van der Waals surface area (Å²) < 4.78 is 2.51. The highest BCUT2D eigenvalue weighted by atomic mass is 15.5. The van der Waals surface area contributed by atoms with Gasteiger partial charge in [0.05, 0.1) is 12.4 Å². The van der Waals surface area contributed by atoms with Gasteiger partial charge in [0.1, 0.15) is 5.82 Å². The molecule has 0 unspecified atom stereocenters. The van der Waals surface area contributed by atoms with Crippen LogP contribution in [0.25, 0.3) is 22.5 Å². The van der Waals surface area contributed by atoms with E-state index < -0.39 is 0 Å². The maximum Gasteiger partial charge on any atom is 0.180 e. The molecule has 0 atom stereocenters. The van der Waals surface area contributed by atoms with Crippen molar-refractivity contribution in [2.24, 2.45) is 11.3 Å².